The first-order chi connectivity index (χ1) is 12.3. The number of aryl methyl sites for hydroxylation is 1. The molecular weight excluding hydrogens is 383 g/mol. The van der Waals surface area contributed by atoms with Crippen LogP contribution in [0.3, 0.4) is 0 Å². The van der Waals surface area contributed by atoms with E-state index in [1.54, 1.807) is 6.92 Å². The minimum absolute atomic E-state index is 0.161. The van der Waals surface area contributed by atoms with E-state index in [1.807, 2.05) is 0 Å². The molecule has 2 heterocycles. The second kappa shape index (κ2) is 6.81. The number of non-ortho nitro benzene ring substituents is 1. The Kier molecular flexibility index (Phi) is 4.71. The summed E-state index contributed by atoms with van der Waals surface area (Å²) in [6, 6.07) is 5.43. The first kappa shape index (κ1) is 18.0. The van der Waals surface area contributed by atoms with Crippen LogP contribution in [0.1, 0.15) is 16.2 Å². The standard InChI is InChI=1S/C16H12Cl2N4O4/c1-8-14(21-7-9(17)5-11(18)15(21)19-8)16(23)20-12-6-10(22(24)25)3-4-13(12)26-2/h3-7H,1-2H3,(H,20,23). The summed E-state index contributed by atoms with van der Waals surface area (Å²) in [5, 5.41) is 14.2. The molecule has 26 heavy (non-hydrogen) atoms. The van der Waals surface area contributed by atoms with Crippen molar-refractivity contribution in [3.8, 4) is 5.75 Å². The van der Waals surface area contributed by atoms with Gasteiger partial charge in [0.25, 0.3) is 11.6 Å². The molecule has 0 bridgehead atoms. The van der Waals surface area contributed by atoms with Gasteiger partial charge in [0.1, 0.15) is 11.4 Å². The highest BCUT2D eigenvalue weighted by atomic mass is 35.5. The predicted molar refractivity (Wildman–Crippen MR) is 97.6 cm³/mol. The van der Waals surface area contributed by atoms with E-state index in [9.17, 15) is 14.9 Å². The van der Waals surface area contributed by atoms with Crippen molar-refractivity contribution in [3.05, 3.63) is 62.0 Å². The number of anilines is 1. The molecule has 0 fully saturated rings. The van der Waals surface area contributed by atoms with Gasteiger partial charge in [-0.3, -0.25) is 19.3 Å². The highest BCUT2D eigenvalue weighted by Gasteiger charge is 2.21. The monoisotopic (exact) mass is 394 g/mol. The van der Waals surface area contributed by atoms with Crippen LogP contribution in [0.5, 0.6) is 5.75 Å². The van der Waals surface area contributed by atoms with E-state index in [4.69, 9.17) is 27.9 Å². The Morgan fingerprint density at radius 1 is 1.35 bits per heavy atom. The first-order valence-corrected chi connectivity index (χ1v) is 8.05. The number of nitrogens with zero attached hydrogens (tertiary/aromatic N) is 3. The van der Waals surface area contributed by atoms with E-state index in [-0.39, 0.29) is 22.8 Å². The molecule has 0 aliphatic rings. The summed E-state index contributed by atoms with van der Waals surface area (Å²) in [6.45, 7) is 1.65. The summed E-state index contributed by atoms with van der Waals surface area (Å²) < 4.78 is 6.62. The molecule has 134 valence electrons. The van der Waals surface area contributed by atoms with E-state index < -0.39 is 10.8 Å². The zero-order chi connectivity index (χ0) is 19.0. The second-order valence-electron chi connectivity index (χ2n) is 5.34. The number of hydrogen-bond donors (Lipinski definition) is 1. The third-order valence-electron chi connectivity index (χ3n) is 3.67. The SMILES string of the molecule is COc1ccc([N+](=O)[O-])cc1NC(=O)c1c(C)nc2c(Cl)cc(Cl)cn12. The van der Waals surface area contributed by atoms with Crippen LogP contribution in [-0.4, -0.2) is 27.3 Å². The molecule has 0 spiro atoms. The molecule has 0 saturated heterocycles. The molecule has 10 heteroatoms. The van der Waals surface area contributed by atoms with Gasteiger partial charge in [-0.05, 0) is 19.1 Å². The third kappa shape index (κ3) is 3.16. The maximum Gasteiger partial charge on any atom is 0.274 e. The van der Waals surface area contributed by atoms with Crippen molar-refractivity contribution in [2.45, 2.75) is 6.92 Å². The molecule has 0 saturated carbocycles. The number of carbonyl (C=O) groups is 1. The van der Waals surface area contributed by atoms with Crippen molar-refractivity contribution in [2.24, 2.45) is 0 Å². The minimum Gasteiger partial charge on any atom is -0.495 e. The van der Waals surface area contributed by atoms with E-state index in [2.05, 4.69) is 10.3 Å². The highest BCUT2D eigenvalue weighted by molar-refractivity contribution is 6.36. The summed E-state index contributed by atoms with van der Waals surface area (Å²) in [5.41, 5.74) is 0.995. The molecule has 0 unspecified atom stereocenters. The maximum absolute atomic E-state index is 12.8. The lowest BCUT2D eigenvalue weighted by molar-refractivity contribution is -0.384. The number of amides is 1. The zero-order valence-electron chi connectivity index (χ0n) is 13.6. The Balaban J connectivity index is 2.07. The van der Waals surface area contributed by atoms with Crippen LogP contribution in [-0.2, 0) is 0 Å². The number of nitro benzene ring substituents is 1. The van der Waals surface area contributed by atoms with Crippen molar-refractivity contribution in [3.63, 3.8) is 0 Å². The van der Waals surface area contributed by atoms with Gasteiger partial charge in [-0.15, -0.1) is 0 Å². The van der Waals surface area contributed by atoms with Crippen LogP contribution < -0.4 is 10.1 Å². The Morgan fingerprint density at radius 3 is 2.73 bits per heavy atom. The lowest BCUT2D eigenvalue weighted by atomic mass is 10.2. The summed E-state index contributed by atoms with van der Waals surface area (Å²) in [4.78, 5) is 27.5. The number of benzene rings is 1. The Hall–Kier alpha value is -2.84. The van der Waals surface area contributed by atoms with Gasteiger partial charge >= 0.3 is 0 Å². The van der Waals surface area contributed by atoms with E-state index in [0.29, 0.717) is 21.4 Å². The number of nitrogens with one attached hydrogen (secondary N) is 1. The fraction of sp³-hybridized carbons (Fsp3) is 0.125. The Morgan fingerprint density at radius 2 is 2.08 bits per heavy atom. The molecule has 3 aromatic rings. The summed E-state index contributed by atoms with van der Waals surface area (Å²) in [7, 11) is 1.40. The van der Waals surface area contributed by atoms with Crippen molar-refractivity contribution in [2.75, 3.05) is 12.4 Å². The van der Waals surface area contributed by atoms with Gasteiger partial charge in [-0.2, -0.15) is 0 Å². The fourth-order valence-electron chi connectivity index (χ4n) is 2.55. The molecule has 2 aromatic heterocycles. The highest BCUT2D eigenvalue weighted by Crippen LogP contribution is 2.30. The minimum atomic E-state index is -0.561. The van der Waals surface area contributed by atoms with Crippen LogP contribution in [0.15, 0.2) is 30.5 Å². The molecule has 8 nitrogen and oxygen atoms in total. The first-order valence-electron chi connectivity index (χ1n) is 7.29. The van der Waals surface area contributed by atoms with E-state index in [1.165, 1.54) is 42.0 Å². The summed E-state index contributed by atoms with van der Waals surface area (Å²) in [5.74, 6) is -0.251. The van der Waals surface area contributed by atoms with Gasteiger partial charge in [-0.1, -0.05) is 23.2 Å². The van der Waals surface area contributed by atoms with Crippen LogP contribution in [0.2, 0.25) is 10.0 Å². The van der Waals surface area contributed by atoms with Gasteiger partial charge in [-0.25, -0.2) is 4.98 Å². The fourth-order valence-corrected chi connectivity index (χ4v) is 3.06. The molecule has 0 radical (unpaired) electrons. The largest absolute Gasteiger partial charge is 0.495 e. The lowest BCUT2D eigenvalue weighted by Crippen LogP contribution is -2.16. The van der Waals surface area contributed by atoms with Gasteiger partial charge in [0.15, 0.2) is 5.65 Å². The third-order valence-corrected chi connectivity index (χ3v) is 4.16. The number of ether oxygens (including phenoxy) is 1. The zero-order valence-corrected chi connectivity index (χ0v) is 15.1. The number of carbonyl (C=O) groups excluding carboxylic acids is 1. The normalized spacial score (nSPS) is 10.8. The van der Waals surface area contributed by atoms with E-state index >= 15 is 0 Å². The molecule has 0 aliphatic carbocycles. The molecule has 1 aromatic carbocycles. The Bertz CT molecular complexity index is 1050. The number of halogens is 2. The van der Waals surface area contributed by atoms with Gasteiger partial charge in [0.2, 0.25) is 0 Å². The molecule has 3 rings (SSSR count). The van der Waals surface area contributed by atoms with Gasteiger partial charge < -0.3 is 10.1 Å². The maximum atomic E-state index is 12.8. The Labute approximate surface area is 157 Å². The number of pyridine rings is 1. The number of fused-ring (bicyclic) bond motifs is 1. The van der Waals surface area contributed by atoms with E-state index in [0.717, 1.165) is 0 Å². The van der Waals surface area contributed by atoms with Crippen LogP contribution in [0, 0.1) is 17.0 Å². The average Bonchev–Trinajstić information content (AvgIpc) is 2.91. The molecule has 1 N–H and O–H groups in total. The molecular formula is C16H12Cl2N4O4. The summed E-state index contributed by atoms with van der Waals surface area (Å²) in [6.07, 6.45) is 1.52. The average molecular weight is 395 g/mol. The topological polar surface area (TPSA) is 98.8 Å². The van der Waals surface area contributed by atoms with Crippen LogP contribution in [0.4, 0.5) is 11.4 Å². The van der Waals surface area contributed by atoms with Crippen molar-refractivity contribution in [1.29, 1.82) is 0 Å². The number of methoxy groups -OCH3 is 1. The summed E-state index contributed by atoms with van der Waals surface area (Å²) >= 11 is 12.1. The van der Waals surface area contributed by atoms with Gasteiger partial charge in [0, 0.05) is 18.3 Å². The second-order valence-corrected chi connectivity index (χ2v) is 6.19. The smallest absolute Gasteiger partial charge is 0.274 e. The van der Waals surface area contributed by atoms with Gasteiger partial charge in [0.05, 0.1) is 33.5 Å². The molecule has 1 amide bonds. The number of aromatic nitrogens is 2. The van der Waals surface area contributed by atoms with Crippen LogP contribution in [0.25, 0.3) is 5.65 Å². The number of rotatable bonds is 4. The number of hydrogen-bond acceptors (Lipinski definition) is 5. The quantitative estimate of drug-likeness (QED) is 0.529. The molecule has 0 aliphatic heterocycles. The predicted octanol–water partition coefficient (Wildman–Crippen LogP) is 4.12. The van der Waals surface area contributed by atoms with Crippen molar-refractivity contribution in [1.82, 2.24) is 9.38 Å². The van der Waals surface area contributed by atoms with Crippen molar-refractivity contribution < 1.29 is 14.5 Å². The van der Waals surface area contributed by atoms with Crippen molar-refractivity contribution >= 4 is 46.1 Å². The lowest BCUT2D eigenvalue weighted by Gasteiger charge is -2.10. The number of imidazole rings is 1. The van der Waals surface area contributed by atoms with Crippen LogP contribution >= 0.6 is 23.2 Å². The number of nitro groups is 1. The molecule has 0 atom stereocenters.